The summed E-state index contributed by atoms with van der Waals surface area (Å²) in [6, 6.07) is -0.941. The van der Waals surface area contributed by atoms with E-state index in [1.807, 2.05) is 6.08 Å². The fourth-order valence-corrected chi connectivity index (χ4v) is 11.0. The van der Waals surface area contributed by atoms with E-state index in [0.29, 0.717) is 6.42 Å². The van der Waals surface area contributed by atoms with Crippen LogP contribution in [0.4, 0.5) is 0 Å². The predicted octanol–water partition coefficient (Wildman–Crippen LogP) is 15.4. The lowest BCUT2D eigenvalue weighted by molar-refractivity contribution is -0.298. The zero-order valence-corrected chi connectivity index (χ0v) is 48.8. The molecule has 0 aromatic carbocycles. The topological polar surface area (TPSA) is 192 Å². The van der Waals surface area contributed by atoms with E-state index < -0.39 is 59.9 Å². The maximum absolute atomic E-state index is 13.2. The van der Waals surface area contributed by atoms with Gasteiger partial charge in [-0.3, -0.25) is 9.35 Å². The van der Waals surface area contributed by atoms with Gasteiger partial charge in [-0.25, -0.2) is 4.18 Å². The number of amides is 1. The van der Waals surface area contributed by atoms with Crippen LogP contribution in [0.1, 0.15) is 316 Å². The Morgan fingerprint density at radius 2 is 0.851 bits per heavy atom. The van der Waals surface area contributed by atoms with Crippen LogP contribution < -0.4 is 5.32 Å². The number of ether oxygens (including phenoxy) is 2. The molecule has 1 fully saturated rings. The van der Waals surface area contributed by atoms with Gasteiger partial charge in [0, 0.05) is 6.42 Å². The van der Waals surface area contributed by atoms with E-state index in [9.17, 15) is 38.2 Å². The molecule has 0 saturated carbocycles. The van der Waals surface area contributed by atoms with Crippen molar-refractivity contribution >= 4 is 16.3 Å². The van der Waals surface area contributed by atoms with Crippen LogP contribution in [0.3, 0.4) is 0 Å². The van der Waals surface area contributed by atoms with E-state index in [1.165, 1.54) is 250 Å². The van der Waals surface area contributed by atoms with Gasteiger partial charge in [0.2, 0.25) is 5.91 Å². The molecular formula is C61H119NO11S. The largest absolute Gasteiger partial charge is 0.397 e. The summed E-state index contributed by atoms with van der Waals surface area (Å²) in [6.07, 6.45) is 54.1. The average molecular weight is 1070 g/mol. The van der Waals surface area contributed by atoms with E-state index in [4.69, 9.17) is 9.47 Å². The van der Waals surface area contributed by atoms with Crippen molar-refractivity contribution in [3.05, 3.63) is 12.2 Å². The highest BCUT2D eigenvalue weighted by atomic mass is 32.3. The Hall–Kier alpha value is -1.16. The summed E-state index contributed by atoms with van der Waals surface area (Å²) in [5.41, 5.74) is 0. The van der Waals surface area contributed by atoms with Crippen LogP contribution in [-0.2, 0) is 28.9 Å². The molecule has 0 aromatic rings. The molecule has 0 spiro atoms. The van der Waals surface area contributed by atoms with Crippen LogP contribution in [0, 0.1) is 0 Å². The zero-order valence-electron chi connectivity index (χ0n) is 47.9. The van der Waals surface area contributed by atoms with E-state index >= 15 is 0 Å². The lowest BCUT2D eigenvalue weighted by atomic mass is 9.99. The number of rotatable bonds is 56. The Bertz CT molecular complexity index is 1350. The van der Waals surface area contributed by atoms with E-state index in [-0.39, 0.29) is 18.9 Å². The molecule has 0 bridgehead atoms. The van der Waals surface area contributed by atoms with Gasteiger partial charge in [-0.05, 0) is 19.3 Å². The van der Waals surface area contributed by atoms with Crippen molar-refractivity contribution in [2.24, 2.45) is 0 Å². The molecule has 440 valence electrons. The van der Waals surface area contributed by atoms with E-state index in [0.717, 1.165) is 38.5 Å². The number of unbranched alkanes of at least 4 members (excludes halogenated alkanes) is 44. The molecule has 0 aromatic heterocycles. The van der Waals surface area contributed by atoms with Crippen LogP contribution in [0.25, 0.3) is 0 Å². The summed E-state index contributed by atoms with van der Waals surface area (Å²) in [4.78, 5) is 13.2. The molecule has 12 nitrogen and oxygen atoms in total. The highest BCUT2D eigenvalue weighted by Crippen LogP contribution is 2.26. The van der Waals surface area contributed by atoms with Crippen molar-refractivity contribution in [3.8, 4) is 0 Å². The highest BCUT2D eigenvalue weighted by Gasteiger charge is 2.48. The Morgan fingerprint density at radius 3 is 1.18 bits per heavy atom. The number of hydrogen-bond donors (Lipinski definition) is 6. The zero-order chi connectivity index (χ0) is 54.0. The summed E-state index contributed by atoms with van der Waals surface area (Å²) in [5, 5.41) is 45.1. The van der Waals surface area contributed by atoms with Crippen molar-refractivity contribution in [1.29, 1.82) is 0 Å². The molecule has 7 atom stereocenters. The number of allylic oxidation sites excluding steroid dienone is 1. The maximum atomic E-state index is 13.2. The molecule has 1 rings (SSSR count). The lowest BCUT2D eigenvalue weighted by Crippen LogP contribution is -2.61. The SMILES string of the molecule is CCCCCCCCCCCCCCCCCCCCCCCCC/C=C/C(O)C(COC1OC(CO)C(O)C(OS(=O)(=O)O)C1O)NC(=O)CCCCCCCCCCCCCCCCCCCCCCCC. The minimum atomic E-state index is -5.09. The number of carbonyl (C=O) groups excluding carboxylic acids is 1. The van der Waals surface area contributed by atoms with Gasteiger partial charge in [-0.15, -0.1) is 0 Å². The number of aliphatic hydroxyl groups is 4. The minimum Gasteiger partial charge on any atom is -0.394 e. The molecule has 13 heteroatoms. The van der Waals surface area contributed by atoms with Crippen LogP contribution in [0.2, 0.25) is 0 Å². The van der Waals surface area contributed by atoms with Crippen LogP contribution in [0.15, 0.2) is 12.2 Å². The van der Waals surface area contributed by atoms with Gasteiger partial charge in [0.25, 0.3) is 0 Å². The Kier molecular flexibility index (Phi) is 49.1. The monoisotopic (exact) mass is 1070 g/mol. The molecule has 1 aliphatic rings. The molecule has 1 saturated heterocycles. The molecule has 1 amide bonds. The summed E-state index contributed by atoms with van der Waals surface area (Å²) < 4.78 is 47.9. The van der Waals surface area contributed by atoms with Gasteiger partial charge in [-0.2, -0.15) is 8.42 Å². The predicted molar refractivity (Wildman–Crippen MR) is 306 cm³/mol. The molecule has 7 unspecified atom stereocenters. The second-order valence-corrected chi connectivity index (χ2v) is 23.4. The van der Waals surface area contributed by atoms with Crippen molar-refractivity contribution < 1.29 is 51.8 Å². The summed E-state index contributed by atoms with van der Waals surface area (Å²) in [7, 11) is -5.09. The Labute approximate surface area is 455 Å². The van der Waals surface area contributed by atoms with Crippen molar-refractivity contribution in [1.82, 2.24) is 5.32 Å². The molecule has 0 radical (unpaired) electrons. The number of nitrogens with one attached hydrogen (secondary N) is 1. The second-order valence-electron chi connectivity index (χ2n) is 22.4. The van der Waals surface area contributed by atoms with Crippen molar-refractivity contribution in [2.75, 3.05) is 13.2 Å². The number of hydrogen-bond acceptors (Lipinski definition) is 10. The lowest BCUT2D eigenvalue weighted by Gasteiger charge is -2.41. The van der Waals surface area contributed by atoms with Crippen LogP contribution in [-0.4, -0.2) is 95.4 Å². The van der Waals surface area contributed by atoms with Gasteiger partial charge in [-0.1, -0.05) is 302 Å². The average Bonchev–Trinajstić information content (AvgIpc) is 3.38. The Morgan fingerprint density at radius 1 is 0.527 bits per heavy atom. The first-order valence-electron chi connectivity index (χ1n) is 31.6. The van der Waals surface area contributed by atoms with Crippen LogP contribution >= 0.6 is 0 Å². The third kappa shape index (κ3) is 42.8. The van der Waals surface area contributed by atoms with Crippen molar-refractivity contribution in [3.63, 3.8) is 0 Å². The summed E-state index contributed by atoms with van der Waals surface area (Å²) in [5.74, 6) is -0.254. The molecule has 6 N–H and O–H groups in total. The molecule has 0 aliphatic carbocycles. The molecule has 1 heterocycles. The highest BCUT2D eigenvalue weighted by molar-refractivity contribution is 7.80. The van der Waals surface area contributed by atoms with Gasteiger partial charge >= 0.3 is 10.4 Å². The molecule has 74 heavy (non-hydrogen) atoms. The van der Waals surface area contributed by atoms with E-state index in [2.05, 4.69) is 23.3 Å². The van der Waals surface area contributed by atoms with Gasteiger partial charge in [0.15, 0.2) is 6.29 Å². The maximum Gasteiger partial charge on any atom is 0.397 e. The van der Waals surface area contributed by atoms with Gasteiger partial charge < -0.3 is 35.2 Å². The summed E-state index contributed by atoms with van der Waals surface area (Å²) in [6.45, 7) is 3.46. The van der Waals surface area contributed by atoms with Gasteiger partial charge in [0.1, 0.15) is 24.4 Å². The second kappa shape index (κ2) is 51.3. The fraction of sp³-hybridized carbons (Fsp3) is 0.951. The minimum absolute atomic E-state index is 0.254. The number of aliphatic hydroxyl groups excluding tert-OH is 4. The fourth-order valence-electron chi connectivity index (χ4n) is 10.5. The normalized spacial score (nSPS) is 19.1. The third-order valence-corrected chi connectivity index (χ3v) is 15.8. The first-order valence-corrected chi connectivity index (χ1v) is 32.9. The third-order valence-electron chi connectivity index (χ3n) is 15.3. The van der Waals surface area contributed by atoms with Crippen LogP contribution in [0.5, 0.6) is 0 Å². The first-order chi connectivity index (χ1) is 36.0. The molecular weight excluding hydrogens is 955 g/mol. The quantitative estimate of drug-likeness (QED) is 0.0193. The van der Waals surface area contributed by atoms with E-state index in [1.54, 1.807) is 6.08 Å². The van der Waals surface area contributed by atoms with Crippen molar-refractivity contribution in [2.45, 2.75) is 358 Å². The Balaban J connectivity index is 2.32. The summed E-state index contributed by atoms with van der Waals surface area (Å²) >= 11 is 0. The molecule has 1 aliphatic heterocycles. The standard InChI is InChI=1S/C61H119NO11S/c1-3-5-7-9-11-13-15-17-19-21-23-25-27-28-29-30-32-34-36-38-40-42-44-46-48-50-55(64)54(53-71-61-59(67)60(73-74(68,69)70)58(66)56(52-63)72-61)62-57(65)51-49-47-45-43-41-39-37-35-33-31-26-24-22-20-18-16-14-12-10-8-6-4-2/h48,50,54-56,58-61,63-64,66-67H,3-47,49,51-53H2,1-2H3,(H,62,65)(H,68,69,70)/b50-48+. The smallest absolute Gasteiger partial charge is 0.394 e. The first kappa shape index (κ1) is 70.9. The van der Waals surface area contributed by atoms with Gasteiger partial charge in [0.05, 0.1) is 25.4 Å². The number of carbonyl (C=O) groups is 1.